The Balaban J connectivity index is 2.62. The van der Waals surface area contributed by atoms with Gasteiger partial charge in [0.25, 0.3) is 0 Å². The number of aryl methyl sites for hydroxylation is 1. The van der Waals surface area contributed by atoms with Gasteiger partial charge in [0, 0.05) is 22.8 Å². The average Bonchev–Trinajstić information content (AvgIpc) is 2.85. The van der Waals surface area contributed by atoms with E-state index >= 15 is 0 Å². The molecule has 0 aliphatic rings. The van der Waals surface area contributed by atoms with Gasteiger partial charge in [-0.1, -0.05) is 13.8 Å². The molecule has 1 aromatic heterocycles. The number of thiophene rings is 1. The third-order valence-corrected chi connectivity index (χ3v) is 4.30. The lowest BCUT2D eigenvalue weighted by Gasteiger charge is -2.21. The number of ether oxygens (including phenoxy) is 1. The fourth-order valence-electron chi connectivity index (χ4n) is 2.04. The van der Waals surface area contributed by atoms with Gasteiger partial charge in [-0.3, -0.25) is 5.32 Å². The average molecular weight is 298 g/mol. The molecule has 114 valence electrons. The molecule has 0 bridgehead atoms. The summed E-state index contributed by atoms with van der Waals surface area (Å²) in [6, 6.07) is 3.70. The highest BCUT2D eigenvalue weighted by molar-refractivity contribution is 7.12. The molecule has 0 saturated heterocycles. The van der Waals surface area contributed by atoms with Crippen LogP contribution in [0.5, 0.6) is 0 Å². The fourth-order valence-corrected chi connectivity index (χ4v) is 2.98. The third kappa shape index (κ3) is 5.23. The van der Waals surface area contributed by atoms with Gasteiger partial charge in [0.2, 0.25) is 0 Å². The minimum atomic E-state index is -0.343. The standard InChI is InChI=1S/C15H26N2O2S/c1-5-17(6-2)11-10-16-14(15(18)19-7-3)13-9-8-12(4)20-13/h8-9,14,16H,5-7,10-11H2,1-4H3. The van der Waals surface area contributed by atoms with Crippen molar-refractivity contribution in [1.82, 2.24) is 10.2 Å². The second-order valence-corrected chi connectivity index (χ2v) is 5.93. The van der Waals surface area contributed by atoms with Crippen LogP contribution >= 0.6 is 11.3 Å². The summed E-state index contributed by atoms with van der Waals surface area (Å²) in [6.45, 7) is 12.4. The van der Waals surface area contributed by atoms with Crippen molar-refractivity contribution in [2.75, 3.05) is 32.8 Å². The molecule has 1 aromatic rings. The first-order valence-corrected chi connectivity index (χ1v) is 8.12. The van der Waals surface area contributed by atoms with Crippen LogP contribution in [0.15, 0.2) is 12.1 Å². The lowest BCUT2D eigenvalue weighted by atomic mass is 10.2. The number of hydrogen-bond acceptors (Lipinski definition) is 5. The number of carbonyl (C=O) groups excluding carboxylic acids is 1. The summed E-state index contributed by atoms with van der Waals surface area (Å²) in [7, 11) is 0. The van der Waals surface area contributed by atoms with Crippen LogP contribution in [0.2, 0.25) is 0 Å². The maximum absolute atomic E-state index is 12.1. The fraction of sp³-hybridized carbons (Fsp3) is 0.667. The van der Waals surface area contributed by atoms with E-state index in [1.54, 1.807) is 11.3 Å². The molecular weight excluding hydrogens is 272 g/mol. The van der Waals surface area contributed by atoms with Crippen LogP contribution in [-0.2, 0) is 9.53 Å². The number of rotatable bonds is 9. The molecule has 0 aliphatic heterocycles. The minimum absolute atomic E-state index is 0.186. The van der Waals surface area contributed by atoms with Crippen molar-refractivity contribution in [2.45, 2.75) is 33.7 Å². The first kappa shape index (κ1) is 17.1. The molecule has 0 amide bonds. The summed E-state index contributed by atoms with van der Waals surface area (Å²) in [5, 5.41) is 3.33. The van der Waals surface area contributed by atoms with E-state index in [1.165, 1.54) is 4.88 Å². The maximum atomic E-state index is 12.1. The van der Waals surface area contributed by atoms with Crippen molar-refractivity contribution in [3.63, 3.8) is 0 Å². The predicted octanol–water partition coefficient (Wildman–Crippen LogP) is 2.59. The SMILES string of the molecule is CCOC(=O)C(NCCN(CC)CC)c1ccc(C)s1. The Labute approximate surface area is 126 Å². The maximum Gasteiger partial charge on any atom is 0.328 e. The number of likely N-dealkylation sites (N-methyl/N-ethyl adjacent to an activating group) is 1. The highest BCUT2D eigenvalue weighted by atomic mass is 32.1. The molecule has 0 radical (unpaired) electrons. The Hall–Kier alpha value is -0.910. The Bertz CT molecular complexity index is 402. The molecule has 0 fully saturated rings. The van der Waals surface area contributed by atoms with Crippen LogP contribution in [0.4, 0.5) is 0 Å². The first-order chi connectivity index (χ1) is 9.62. The van der Waals surface area contributed by atoms with E-state index in [2.05, 4.69) is 24.1 Å². The van der Waals surface area contributed by atoms with Gasteiger partial charge in [-0.05, 0) is 39.1 Å². The second-order valence-electron chi connectivity index (χ2n) is 4.61. The van der Waals surface area contributed by atoms with Crippen molar-refractivity contribution >= 4 is 17.3 Å². The Morgan fingerprint density at radius 2 is 2.05 bits per heavy atom. The molecule has 0 spiro atoms. The monoisotopic (exact) mass is 298 g/mol. The van der Waals surface area contributed by atoms with E-state index in [9.17, 15) is 4.79 Å². The molecule has 1 unspecified atom stereocenters. The quantitative estimate of drug-likeness (QED) is 0.712. The largest absolute Gasteiger partial charge is 0.465 e. The van der Waals surface area contributed by atoms with E-state index in [0.717, 1.165) is 31.1 Å². The molecule has 1 atom stereocenters. The molecule has 0 aromatic carbocycles. The predicted molar refractivity (Wildman–Crippen MR) is 84.2 cm³/mol. The van der Waals surface area contributed by atoms with Gasteiger partial charge in [-0.25, -0.2) is 4.79 Å². The Kier molecular flexibility index (Phi) is 7.80. The van der Waals surface area contributed by atoms with Gasteiger partial charge in [-0.2, -0.15) is 0 Å². The van der Waals surface area contributed by atoms with E-state index in [0.29, 0.717) is 6.61 Å². The van der Waals surface area contributed by atoms with E-state index in [4.69, 9.17) is 4.74 Å². The molecule has 5 heteroatoms. The normalized spacial score (nSPS) is 12.7. The highest BCUT2D eigenvalue weighted by Crippen LogP contribution is 2.23. The van der Waals surface area contributed by atoms with Gasteiger partial charge in [0.1, 0.15) is 6.04 Å². The molecule has 1 rings (SSSR count). The van der Waals surface area contributed by atoms with Crippen LogP contribution in [0.25, 0.3) is 0 Å². The lowest BCUT2D eigenvalue weighted by molar-refractivity contribution is -0.145. The van der Waals surface area contributed by atoms with Crippen molar-refractivity contribution < 1.29 is 9.53 Å². The molecule has 0 aliphatic carbocycles. The Morgan fingerprint density at radius 3 is 2.55 bits per heavy atom. The topological polar surface area (TPSA) is 41.6 Å². The number of esters is 1. The smallest absolute Gasteiger partial charge is 0.328 e. The highest BCUT2D eigenvalue weighted by Gasteiger charge is 2.22. The van der Waals surface area contributed by atoms with Crippen molar-refractivity contribution in [3.8, 4) is 0 Å². The molecule has 1 heterocycles. The zero-order valence-electron chi connectivity index (χ0n) is 12.9. The van der Waals surface area contributed by atoms with Crippen LogP contribution in [0, 0.1) is 6.92 Å². The zero-order chi connectivity index (χ0) is 15.0. The van der Waals surface area contributed by atoms with Gasteiger partial charge >= 0.3 is 5.97 Å². The Morgan fingerprint density at radius 1 is 1.35 bits per heavy atom. The second kappa shape index (κ2) is 9.10. The first-order valence-electron chi connectivity index (χ1n) is 7.31. The van der Waals surface area contributed by atoms with E-state index in [-0.39, 0.29) is 12.0 Å². The summed E-state index contributed by atoms with van der Waals surface area (Å²) in [6.07, 6.45) is 0. The van der Waals surface area contributed by atoms with Crippen LogP contribution < -0.4 is 5.32 Å². The van der Waals surface area contributed by atoms with Gasteiger partial charge in [-0.15, -0.1) is 11.3 Å². The molecule has 0 saturated carbocycles. The van der Waals surface area contributed by atoms with Crippen LogP contribution in [0.1, 0.15) is 36.6 Å². The number of carbonyl (C=O) groups is 1. The number of nitrogens with one attached hydrogen (secondary N) is 1. The van der Waals surface area contributed by atoms with Crippen molar-refractivity contribution in [3.05, 3.63) is 21.9 Å². The molecule has 4 nitrogen and oxygen atoms in total. The van der Waals surface area contributed by atoms with Crippen LogP contribution in [0.3, 0.4) is 0 Å². The summed E-state index contributed by atoms with van der Waals surface area (Å²) in [5.74, 6) is -0.186. The van der Waals surface area contributed by atoms with E-state index in [1.807, 2.05) is 26.0 Å². The van der Waals surface area contributed by atoms with Crippen LogP contribution in [-0.4, -0.2) is 43.7 Å². The summed E-state index contributed by atoms with van der Waals surface area (Å²) in [4.78, 5) is 16.6. The minimum Gasteiger partial charge on any atom is -0.465 e. The molecule has 20 heavy (non-hydrogen) atoms. The van der Waals surface area contributed by atoms with Gasteiger partial charge < -0.3 is 9.64 Å². The summed E-state index contributed by atoms with van der Waals surface area (Å²) < 4.78 is 5.17. The third-order valence-electron chi connectivity index (χ3n) is 3.24. The zero-order valence-corrected chi connectivity index (χ0v) is 13.8. The lowest BCUT2D eigenvalue weighted by Crippen LogP contribution is -2.36. The van der Waals surface area contributed by atoms with Crippen molar-refractivity contribution in [1.29, 1.82) is 0 Å². The summed E-state index contributed by atoms with van der Waals surface area (Å²) in [5.41, 5.74) is 0. The van der Waals surface area contributed by atoms with Gasteiger partial charge in [0.05, 0.1) is 6.61 Å². The van der Waals surface area contributed by atoms with Gasteiger partial charge in [0.15, 0.2) is 0 Å². The number of nitrogens with zero attached hydrogens (tertiary/aromatic N) is 1. The molecular formula is C15H26N2O2S. The van der Waals surface area contributed by atoms with Crippen molar-refractivity contribution in [2.24, 2.45) is 0 Å². The molecule has 1 N–H and O–H groups in total. The summed E-state index contributed by atoms with van der Waals surface area (Å²) >= 11 is 1.64. The van der Waals surface area contributed by atoms with E-state index < -0.39 is 0 Å². The number of hydrogen-bond donors (Lipinski definition) is 1.